The van der Waals surface area contributed by atoms with E-state index in [9.17, 15) is 0 Å². The number of rotatable bonds is 1. The summed E-state index contributed by atoms with van der Waals surface area (Å²) in [5.41, 5.74) is 10.6. The predicted octanol–water partition coefficient (Wildman–Crippen LogP) is 7.18. The molecule has 1 aliphatic carbocycles. The summed E-state index contributed by atoms with van der Waals surface area (Å²) in [6.45, 7) is 11.5. The van der Waals surface area contributed by atoms with Crippen molar-refractivity contribution in [3.05, 3.63) is 77.0 Å². The van der Waals surface area contributed by atoms with Crippen molar-refractivity contribution in [2.75, 3.05) is 0 Å². The van der Waals surface area contributed by atoms with E-state index in [0.29, 0.717) is 5.92 Å². The average Bonchev–Trinajstić information content (AvgIpc) is 2.97. The Labute approximate surface area is 184 Å². The summed E-state index contributed by atoms with van der Waals surface area (Å²) in [5.74, 6) is 2.41. The van der Waals surface area contributed by atoms with E-state index in [2.05, 4.69) is 101 Å². The van der Waals surface area contributed by atoms with Crippen molar-refractivity contribution in [2.24, 2.45) is 7.05 Å². The van der Waals surface area contributed by atoms with Gasteiger partial charge >= 0.3 is 0 Å². The number of aromatic nitrogens is 1. The van der Waals surface area contributed by atoms with E-state index >= 15 is 0 Å². The molecule has 0 radical (unpaired) electrons. The summed E-state index contributed by atoms with van der Waals surface area (Å²) in [6.07, 6.45) is 2.19. The highest BCUT2D eigenvalue weighted by Gasteiger charge is 2.41. The molecule has 3 aromatic carbocycles. The Bertz CT molecular complexity index is 1430. The lowest BCUT2D eigenvalue weighted by atomic mass is 9.78. The molecular weight excluding hydrogens is 378 g/mol. The molecule has 1 aliphatic heterocycles. The van der Waals surface area contributed by atoms with Crippen LogP contribution in [0.4, 0.5) is 0 Å². The van der Waals surface area contributed by atoms with Crippen molar-refractivity contribution >= 4 is 10.8 Å². The lowest BCUT2D eigenvalue weighted by molar-refractivity contribution is -0.659. The molecule has 0 unspecified atom stereocenters. The fourth-order valence-electron chi connectivity index (χ4n) is 5.90. The monoisotopic (exact) mass is 406 g/mol. The second-order valence-electron chi connectivity index (χ2n) is 9.98. The highest BCUT2D eigenvalue weighted by atomic mass is 16.5. The van der Waals surface area contributed by atoms with Crippen LogP contribution >= 0.6 is 0 Å². The minimum absolute atomic E-state index is 0.0285. The fourth-order valence-corrected chi connectivity index (χ4v) is 5.90. The van der Waals surface area contributed by atoms with E-state index in [1.54, 1.807) is 0 Å². The molecule has 2 heterocycles. The third-order valence-corrected chi connectivity index (χ3v) is 7.40. The van der Waals surface area contributed by atoms with E-state index in [1.165, 1.54) is 55.4 Å². The predicted molar refractivity (Wildman–Crippen MR) is 127 cm³/mol. The molecule has 2 nitrogen and oxygen atoms in total. The lowest BCUT2D eigenvalue weighted by Crippen LogP contribution is -2.32. The van der Waals surface area contributed by atoms with Crippen LogP contribution in [-0.2, 0) is 12.5 Å². The number of ether oxygens (including phenoxy) is 1. The van der Waals surface area contributed by atoms with Crippen molar-refractivity contribution in [2.45, 2.75) is 46.0 Å². The molecule has 0 bridgehead atoms. The molecule has 0 saturated heterocycles. The molecule has 6 rings (SSSR count). The second-order valence-corrected chi connectivity index (χ2v) is 9.98. The van der Waals surface area contributed by atoms with Crippen LogP contribution in [0.2, 0.25) is 0 Å². The first-order valence-corrected chi connectivity index (χ1v) is 11.2. The third kappa shape index (κ3) is 2.31. The van der Waals surface area contributed by atoms with Gasteiger partial charge in [0.05, 0.1) is 10.9 Å². The SMILES string of the molecule is Cc1c2c(cc3c1C(C)(C)c1ccccc1-3)Oc1cc(C(C)C)cc3cc[n+](C)c-2c13. The van der Waals surface area contributed by atoms with Gasteiger partial charge in [-0.05, 0) is 63.7 Å². The van der Waals surface area contributed by atoms with Gasteiger partial charge in [0, 0.05) is 11.5 Å². The number of hydrogen-bond donors (Lipinski definition) is 0. The van der Waals surface area contributed by atoms with Gasteiger partial charge in [-0.2, -0.15) is 0 Å². The zero-order valence-corrected chi connectivity index (χ0v) is 19.1. The molecule has 4 aromatic rings. The minimum Gasteiger partial charge on any atom is -0.456 e. The number of hydrogen-bond acceptors (Lipinski definition) is 1. The number of pyridine rings is 1. The van der Waals surface area contributed by atoms with Crippen LogP contribution in [0.15, 0.2) is 54.7 Å². The molecule has 2 aliphatic rings. The first kappa shape index (κ1) is 18.6. The topological polar surface area (TPSA) is 13.1 Å². The van der Waals surface area contributed by atoms with Crippen molar-refractivity contribution in [3.8, 4) is 33.9 Å². The largest absolute Gasteiger partial charge is 0.456 e. The second kappa shape index (κ2) is 5.97. The molecule has 0 saturated carbocycles. The molecule has 0 fully saturated rings. The molecule has 2 heteroatoms. The van der Waals surface area contributed by atoms with Gasteiger partial charge < -0.3 is 4.74 Å². The molecule has 0 atom stereocenters. The zero-order valence-electron chi connectivity index (χ0n) is 19.1. The van der Waals surface area contributed by atoms with Crippen molar-refractivity contribution in [3.63, 3.8) is 0 Å². The highest BCUT2D eigenvalue weighted by Crippen LogP contribution is 2.56. The normalized spacial score (nSPS) is 14.9. The Balaban J connectivity index is 1.73. The van der Waals surface area contributed by atoms with E-state index in [1.807, 2.05) is 0 Å². The van der Waals surface area contributed by atoms with Crippen molar-refractivity contribution in [1.82, 2.24) is 0 Å². The van der Waals surface area contributed by atoms with Crippen LogP contribution in [0.1, 0.15) is 55.9 Å². The number of fused-ring (bicyclic) bond motifs is 5. The first-order valence-electron chi connectivity index (χ1n) is 11.2. The van der Waals surface area contributed by atoms with Crippen LogP contribution in [0.25, 0.3) is 33.2 Å². The number of benzene rings is 3. The van der Waals surface area contributed by atoms with Gasteiger partial charge in [-0.3, -0.25) is 0 Å². The van der Waals surface area contributed by atoms with Gasteiger partial charge in [0.1, 0.15) is 18.5 Å². The fraction of sp³-hybridized carbons (Fsp3) is 0.276. The van der Waals surface area contributed by atoms with Crippen LogP contribution in [-0.4, -0.2) is 0 Å². The standard InChI is InChI=1S/C29H28NO/c1-16(2)19-13-18-11-12-30(6)28-25-17(3)27-21(15-24(25)31-23(14-19)26(18)28)20-9-7-8-10-22(20)29(27,4)5/h7-16H,1-6H3/q+1. The summed E-state index contributed by atoms with van der Waals surface area (Å²) in [7, 11) is 2.15. The van der Waals surface area contributed by atoms with Crippen LogP contribution in [0, 0.1) is 6.92 Å². The van der Waals surface area contributed by atoms with E-state index in [4.69, 9.17) is 4.74 Å². The van der Waals surface area contributed by atoms with Crippen molar-refractivity contribution < 1.29 is 9.30 Å². The molecule has 0 spiro atoms. The van der Waals surface area contributed by atoms with Gasteiger partial charge in [0.15, 0.2) is 6.20 Å². The van der Waals surface area contributed by atoms with Crippen LogP contribution in [0.3, 0.4) is 0 Å². The van der Waals surface area contributed by atoms with Gasteiger partial charge in [0.25, 0.3) is 0 Å². The maximum Gasteiger partial charge on any atom is 0.228 e. The summed E-state index contributed by atoms with van der Waals surface area (Å²) in [4.78, 5) is 0. The maximum atomic E-state index is 6.67. The average molecular weight is 407 g/mol. The molecule has 0 N–H and O–H groups in total. The number of nitrogens with zero attached hydrogens (tertiary/aromatic N) is 1. The maximum absolute atomic E-state index is 6.67. The quantitative estimate of drug-likeness (QED) is 0.269. The zero-order chi connectivity index (χ0) is 21.7. The summed E-state index contributed by atoms with van der Waals surface area (Å²) >= 11 is 0. The molecular formula is C29H28NO+. The lowest BCUT2D eigenvalue weighted by Gasteiger charge is -2.27. The van der Waals surface area contributed by atoms with Gasteiger partial charge in [-0.15, -0.1) is 0 Å². The Morgan fingerprint density at radius 2 is 1.71 bits per heavy atom. The third-order valence-electron chi connectivity index (χ3n) is 7.40. The summed E-state index contributed by atoms with van der Waals surface area (Å²) < 4.78 is 8.93. The molecule has 0 amide bonds. The Kier molecular flexibility index (Phi) is 3.59. The Morgan fingerprint density at radius 1 is 0.935 bits per heavy atom. The molecule has 1 aromatic heterocycles. The van der Waals surface area contributed by atoms with Crippen molar-refractivity contribution in [1.29, 1.82) is 0 Å². The Morgan fingerprint density at radius 3 is 2.48 bits per heavy atom. The van der Waals surface area contributed by atoms with Gasteiger partial charge in [-0.1, -0.05) is 58.0 Å². The minimum atomic E-state index is -0.0285. The van der Waals surface area contributed by atoms with E-state index in [-0.39, 0.29) is 5.41 Å². The van der Waals surface area contributed by atoms with E-state index in [0.717, 1.165) is 11.5 Å². The van der Waals surface area contributed by atoms with Crippen LogP contribution in [0.5, 0.6) is 11.5 Å². The highest BCUT2D eigenvalue weighted by molar-refractivity contribution is 6.03. The van der Waals surface area contributed by atoms with Gasteiger partial charge in [0.2, 0.25) is 5.69 Å². The Hall–Kier alpha value is -3.13. The summed E-state index contributed by atoms with van der Waals surface area (Å²) in [6, 6.07) is 17.9. The summed E-state index contributed by atoms with van der Waals surface area (Å²) in [5, 5.41) is 2.47. The van der Waals surface area contributed by atoms with E-state index < -0.39 is 0 Å². The molecule has 31 heavy (non-hydrogen) atoms. The van der Waals surface area contributed by atoms with Gasteiger partial charge in [-0.25, -0.2) is 4.57 Å². The smallest absolute Gasteiger partial charge is 0.228 e. The van der Waals surface area contributed by atoms with Crippen LogP contribution < -0.4 is 9.30 Å². The number of aryl methyl sites for hydroxylation is 1. The first-order chi connectivity index (χ1) is 14.8. The molecule has 154 valence electrons.